The van der Waals surface area contributed by atoms with Crippen LogP contribution in [0.5, 0.6) is 0 Å². The number of carbonyl (C=O) groups excluding carboxylic acids is 1. The summed E-state index contributed by atoms with van der Waals surface area (Å²) in [6, 6.07) is 11.7. The van der Waals surface area contributed by atoms with Gasteiger partial charge in [0.05, 0.1) is 11.4 Å². The van der Waals surface area contributed by atoms with Crippen LogP contribution in [0.4, 0.5) is 5.69 Å². The van der Waals surface area contributed by atoms with Crippen molar-refractivity contribution in [1.82, 2.24) is 9.38 Å². The van der Waals surface area contributed by atoms with E-state index in [2.05, 4.69) is 5.32 Å². The van der Waals surface area contributed by atoms with Crippen molar-refractivity contribution in [3.63, 3.8) is 0 Å². The zero-order valence-electron chi connectivity index (χ0n) is 12.6. The van der Waals surface area contributed by atoms with Crippen molar-refractivity contribution >= 4 is 17.2 Å². The summed E-state index contributed by atoms with van der Waals surface area (Å²) in [5.74, 6) is -0.144. The highest BCUT2D eigenvalue weighted by Gasteiger charge is 2.11. The van der Waals surface area contributed by atoms with Gasteiger partial charge in [0, 0.05) is 18.0 Å². The highest BCUT2D eigenvalue weighted by atomic mass is 16.1. The molecular formula is C18H17N3O. The van der Waals surface area contributed by atoms with Crippen LogP contribution in [0, 0.1) is 6.92 Å². The van der Waals surface area contributed by atoms with Crippen molar-refractivity contribution in [2.75, 3.05) is 5.32 Å². The molecule has 0 fully saturated rings. The quantitative estimate of drug-likeness (QED) is 0.746. The first-order valence-corrected chi connectivity index (χ1v) is 7.16. The number of aryl methyl sites for hydroxylation is 1. The standard InChI is InChI=1S/C18H17N3O/c1-3-7-17(22)19-15-10-5-4-9-14(15)16-12-21-11-6-8-13(2)18(21)20-16/h3-12H,1-2H3,(H,19,22)/b7-3+. The summed E-state index contributed by atoms with van der Waals surface area (Å²) < 4.78 is 2.00. The van der Waals surface area contributed by atoms with Crippen LogP contribution in [0.1, 0.15) is 12.5 Å². The van der Waals surface area contributed by atoms with Gasteiger partial charge >= 0.3 is 0 Å². The summed E-state index contributed by atoms with van der Waals surface area (Å²) in [6.45, 7) is 3.85. The van der Waals surface area contributed by atoms with E-state index in [4.69, 9.17) is 4.98 Å². The lowest BCUT2D eigenvalue weighted by Gasteiger charge is -2.07. The number of imidazole rings is 1. The molecule has 0 radical (unpaired) electrons. The first-order valence-electron chi connectivity index (χ1n) is 7.16. The fourth-order valence-electron chi connectivity index (χ4n) is 2.42. The van der Waals surface area contributed by atoms with Crippen molar-refractivity contribution in [2.24, 2.45) is 0 Å². The van der Waals surface area contributed by atoms with Crippen LogP contribution in [0.2, 0.25) is 0 Å². The van der Waals surface area contributed by atoms with Crippen LogP contribution in [0.3, 0.4) is 0 Å². The Labute approximate surface area is 129 Å². The minimum Gasteiger partial charge on any atom is -0.322 e. The summed E-state index contributed by atoms with van der Waals surface area (Å²) in [5, 5.41) is 2.89. The van der Waals surface area contributed by atoms with Crippen LogP contribution in [-0.2, 0) is 4.79 Å². The second-order valence-corrected chi connectivity index (χ2v) is 5.08. The van der Waals surface area contributed by atoms with Gasteiger partial charge in [-0.2, -0.15) is 0 Å². The molecule has 0 aliphatic rings. The molecule has 1 amide bonds. The van der Waals surface area contributed by atoms with Crippen molar-refractivity contribution in [2.45, 2.75) is 13.8 Å². The summed E-state index contributed by atoms with van der Waals surface area (Å²) >= 11 is 0. The van der Waals surface area contributed by atoms with E-state index in [0.29, 0.717) is 0 Å². The molecule has 1 aromatic carbocycles. The number of para-hydroxylation sites is 1. The number of nitrogens with zero attached hydrogens (tertiary/aromatic N) is 2. The lowest BCUT2D eigenvalue weighted by Crippen LogP contribution is -2.08. The number of nitrogens with one attached hydrogen (secondary N) is 1. The minimum absolute atomic E-state index is 0.144. The molecule has 4 heteroatoms. The third-order valence-corrected chi connectivity index (χ3v) is 3.46. The Balaban J connectivity index is 2.07. The minimum atomic E-state index is -0.144. The largest absolute Gasteiger partial charge is 0.322 e. The normalized spacial score (nSPS) is 11.2. The van der Waals surface area contributed by atoms with Gasteiger partial charge in [-0.3, -0.25) is 4.79 Å². The Morgan fingerprint density at radius 3 is 2.82 bits per heavy atom. The highest BCUT2D eigenvalue weighted by Crippen LogP contribution is 2.28. The zero-order valence-corrected chi connectivity index (χ0v) is 12.6. The summed E-state index contributed by atoms with van der Waals surface area (Å²) in [7, 11) is 0. The van der Waals surface area contributed by atoms with E-state index < -0.39 is 0 Å². The first kappa shape index (κ1) is 14.1. The van der Waals surface area contributed by atoms with Crippen molar-refractivity contribution in [3.05, 3.63) is 66.5 Å². The molecule has 2 heterocycles. The average molecular weight is 291 g/mol. The third-order valence-electron chi connectivity index (χ3n) is 3.46. The van der Waals surface area contributed by atoms with E-state index in [1.165, 1.54) is 6.08 Å². The van der Waals surface area contributed by atoms with E-state index in [9.17, 15) is 4.79 Å². The number of rotatable bonds is 3. The van der Waals surface area contributed by atoms with Crippen molar-refractivity contribution < 1.29 is 4.79 Å². The molecule has 1 N–H and O–H groups in total. The Hall–Kier alpha value is -2.88. The maximum atomic E-state index is 11.8. The molecule has 0 spiro atoms. The molecule has 0 saturated carbocycles. The zero-order chi connectivity index (χ0) is 15.5. The Kier molecular flexibility index (Phi) is 3.74. The Bertz CT molecular complexity index is 862. The van der Waals surface area contributed by atoms with Gasteiger partial charge in [0.1, 0.15) is 5.65 Å². The highest BCUT2D eigenvalue weighted by molar-refractivity contribution is 6.01. The second-order valence-electron chi connectivity index (χ2n) is 5.08. The molecule has 3 rings (SSSR count). The number of benzene rings is 1. The molecule has 0 unspecified atom stereocenters. The van der Waals surface area contributed by atoms with Gasteiger partial charge in [-0.25, -0.2) is 4.98 Å². The number of allylic oxidation sites excluding steroid dienone is 1. The molecule has 4 nitrogen and oxygen atoms in total. The van der Waals surface area contributed by atoms with Gasteiger partial charge in [0.2, 0.25) is 5.91 Å². The predicted octanol–water partition coefficient (Wildman–Crippen LogP) is 3.82. The monoisotopic (exact) mass is 291 g/mol. The van der Waals surface area contributed by atoms with Crippen LogP contribution in [-0.4, -0.2) is 15.3 Å². The fourth-order valence-corrected chi connectivity index (χ4v) is 2.42. The molecule has 2 aromatic heterocycles. The van der Waals surface area contributed by atoms with Crippen LogP contribution >= 0.6 is 0 Å². The van der Waals surface area contributed by atoms with Gasteiger partial charge in [-0.15, -0.1) is 0 Å². The van der Waals surface area contributed by atoms with Gasteiger partial charge in [-0.1, -0.05) is 30.3 Å². The SMILES string of the molecule is C/C=C/C(=O)Nc1ccccc1-c1cn2cccc(C)c2n1. The molecule has 0 atom stereocenters. The maximum absolute atomic E-state index is 11.8. The molecule has 0 aliphatic carbocycles. The van der Waals surface area contributed by atoms with Gasteiger partial charge in [0.15, 0.2) is 0 Å². The Morgan fingerprint density at radius 1 is 1.23 bits per heavy atom. The van der Waals surface area contributed by atoms with Crippen LogP contribution < -0.4 is 5.32 Å². The van der Waals surface area contributed by atoms with E-state index in [-0.39, 0.29) is 5.91 Å². The second kappa shape index (κ2) is 5.85. The van der Waals surface area contributed by atoms with Gasteiger partial charge in [-0.05, 0) is 37.6 Å². The van der Waals surface area contributed by atoms with E-state index in [0.717, 1.165) is 28.2 Å². The summed E-state index contributed by atoms with van der Waals surface area (Å²) in [6.07, 6.45) is 7.17. The van der Waals surface area contributed by atoms with E-state index in [1.807, 2.05) is 67.0 Å². The number of aromatic nitrogens is 2. The predicted molar refractivity (Wildman–Crippen MR) is 88.8 cm³/mol. The Morgan fingerprint density at radius 2 is 2.05 bits per heavy atom. The van der Waals surface area contributed by atoms with Crippen molar-refractivity contribution in [3.8, 4) is 11.3 Å². The average Bonchev–Trinajstić information content (AvgIpc) is 2.93. The smallest absolute Gasteiger partial charge is 0.248 e. The number of hydrogen-bond acceptors (Lipinski definition) is 2. The number of fused-ring (bicyclic) bond motifs is 1. The molecule has 0 aliphatic heterocycles. The third kappa shape index (κ3) is 2.63. The number of hydrogen-bond donors (Lipinski definition) is 1. The topological polar surface area (TPSA) is 46.4 Å². The fraction of sp³-hybridized carbons (Fsp3) is 0.111. The first-order chi connectivity index (χ1) is 10.7. The molecule has 3 aromatic rings. The lowest BCUT2D eigenvalue weighted by atomic mass is 10.1. The maximum Gasteiger partial charge on any atom is 0.248 e. The van der Waals surface area contributed by atoms with E-state index >= 15 is 0 Å². The summed E-state index contributed by atoms with van der Waals surface area (Å²) in [4.78, 5) is 16.5. The molecular weight excluding hydrogens is 274 g/mol. The lowest BCUT2D eigenvalue weighted by molar-refractivity contribution is -0.111. The molecule has 22 heavy (non-hydrogen) atoms. The number of amides is 1. The van der Waals surface area contributed by atoms with Crippen molar-refractivity contribution in [1.29, 1.82) is 0 Å². The van der Waals surface area contributed by atoms with Crippen LogP contribution in [0.15, 0.2) is 60.9 Å². The number of anilines is 1. The van der Waals surface area contributed by atoms with E-state index in [1.54, 1.807) is 6.08 Å². The van der Waals surface area contributed by atoms with Crippen LogP contribution in [0.25, 0.3) is 16.9 Å². The molecule has 0 saturated heterocycles. The number of pyridine rings is 1. The van der Waals surface area contributed by atoms with Gasteiger partial charge in [0.25, 0.3) is 0 Å². The summed E-state index contributed by atoms with van der Waals surface area (Å²) in [5.41, 5.74) is 4.54. The van der Waals surface area contributed by atoms with Gasteiger partial charge < -0.3 is 9.72 Å². The molecule has 0 bridgehead atoms. The number of carbonyl (C=O) groups is 1. The molecule has 110 valence electrons.